The van der Waals surface area contributed by atoms with Gasteiger partial charge < -0.3 is 19.9 Å². The third kappa shape index (κ3) is 6.04. The number of nitrogens with zero attached hydrogens (tertiary/aromatic N) is 2. The van der Waals surface area contributed by atoms with Crippen LogP contribution in [0.15, 0.2) is 0 Å². The molecule has 0 radical (unpaired) electrons. The molecule has 2 fully saturated rings. The van der Waals surface area contributed by atoms with Crippen LogP contribution in [0.3, 0.4) is 0 Å². The van der Waals surface area contributed by atoms with E-state index in [4.69, 9.17) is 4.74 Å². The fourth-order valence-corrected chi connectivity index (χ4v) is 3.65. The number of hydrogen-bond donors (Lipinski definition) is 1. The molecule has 2 aliphatic rings. The van der Waals surface area contributed by atoms with Gasteiger partial charge in [0.05, 0.1) is 0 Å². The molecule has 0 aromatic heterocycles. The summed E-state index contributed by atoms with van der Waals surface area (Å²) in [6, 6.07) is 0.414. The molecular formula is C15H29N3O2S. The number of hydrogen-bond acceptors (Lipinski definition) is 5. The highest BCUT2D eigenvalue weighted by molar-refractivity contribution is 7.99. The van der Waals surface area contributed by atoms with Crippen molar-refractivity contribution in [3.8, 4) is 0 Å². The first-order chi connectivity index (χ1) is 9.94. The summed E-state index contributed by atoms with van der Waals surface area (Å²) < 4.78 is 5.42. The maximum Gasteiger partial charge on any atom is 0.410 e. The molecule has 0 spiro atoms. The first-order valence-corrected chi connectivity index (χ1v) is 9.11. The highest BCUT2D eigenvalue weighted by Crippen LogP contribution is 2.15. The van der Waals surface area contributed by atoms with Crippen LogP contribution in [0.4, 0.5) is 4.79 Å². The molecule has 21 heavy (non-hydrogen) atoms. The van der Waals surface area contributed by atoms with E-state index in [1.165, 1.54) is 24.6 Å². The molecule has 1 amide bonds. The highest BCUT2D eigenvalue weighted by Gasteiger charge is 2.29. The Morgan fingerprint density at radius 3 is 2.67 bits per heavy atom. The van der Waals surface area contributed by atoms with Gasteiger partial charge in [-0.05, 0) is 27.2 Å². The van der Waals surface area contributed by atoms with E-state index in [2.05, 4.69) is 10.2 Å². The van der Waals surface area contributed by atoms with Gasteiger partial charge in [-0.2, -0.15) is 11.8 Å². The van der Waals surface area contributed by atoms with Crippen LogP contribution in [0, 0.1) is 0 Å². The van der Waals surface area contributed by atoms with Crippen molar-refractivity contribution in [3.63, 3.8) is 0 Å². The predicted molar refractivity (Wildman–Crippen MR) is 88.0 cm³/mol. The molecule has 122 valence electrons. The molecule has 1 atom stereocenters. The molecular weight excluding hydrogens is 286 g/mol. The van der Waals surface area contributed by atoms with Crippen molar-refractivity contribution >= 4 is 17.9 Å². The Bertz CT molecular complexity index is 340. The molecule has 0 aromatic rings. The summed E-state index contributed by atoms with van der Waals surface area (Å²) in [5.74, 6) is 2.52. The first-order valence-electron chi connectivity index (χ1n) is 7.95. The normalized spacial score (nSPS) is 24.3. The van der Waals surface area contributed by atoms with Gasteiger partial charge >= 0.3 is 6.09 Å². The molecule has 1 N–H and O–H groups in total. The van der Waals surface area contributed by atoms with Gasteiger partial charge in [0, 0.05) is 56.8 Å². The van der Waals surface area contributed by atoms with Gasteiger partial charge in [0.2, 0.25) is 0 Å². The number of ether oxygens (including phenoxy) is 1. The third-order valence-corrected chi connectivity index (χ3v) is 4.75. The second-order valence-corrected chi connectivity index (χ2v) is 8.04. The van der Waals surface area contributed by atoms with Crippen molar-refractivity contribution in [1.29, 1.82) is 0 Å². The zero-order valence-corrected chi connectivity index (χ0v) is 14.4. The Balaban J connectivity index is 1.62. The summed E-state index contributed by atoms with van der Waals surface area (Å²) in [6.45, 7) is 11.8. The molecule has 0 aliphatic carbocycles. The standard InChI is InChI=1S/C15H29N3O2S/c1-15(2,3)20-14(19)18-6-4-13(12-18)16-5-7-17-8-10-21-11-9-17/h13,16H,4-12H2,1-3H3. The molecule has 2 rings (SSSR count). The summed E-state index contributed by atoms with van der Waals surface area (Å²) in [4.78, 5) is 16.3. The first kappa shape index (κ1) is 16.9. The Hall–Kier alpha value is -0.460. The highest BCUT2D eigenvalue weighted by atomic mass is 32.2. The molecule has 5 nitrogen and oxygen atoms in total. The minimum absolute atomic E-state index is 0.181. The quantitative estimate of drug-likeness (QED) is 0.854. The van der Waals surface area contributed by atoms with Crippen LogP contribution >= 0.6 is 11.8 Å². The van der Waals surface area contributed by atoms with E-state index in [0.717, 1.165) is 32.6 Å². The van der Waals surface area contributed by atoms with Crippen molar-refractivity contribution in [2.24, 2.45) is 0 Å². The number of carbonyl (C=O) groups is 1. The lowest BCUT2D eigenvalue weighted by Crippen LogP contribution is -2.42. The fourth-order valence-electron chi connectivity index (χ4n) is 2.67. The van der Waals surface area contributed by atoms with E-state index in [9.17, 15) is 4.79 Å². The van der Waals surface area contributed by atoms with Crippen molar-refractivity contribution in [3.05, 3.63) is 0 Å². The lowest BCUT2D eigenvalue weighted by Gasteiger charge is -2.27. The van der Waals surface area contributed by atoms with Gasteiger partial charge in [-0.3, -0.25) is 0 Å². The Labute approximate surface area is 132 Å². The monoisotopic (exact) mass is 315 g/mol. The van der Waals surface area contributed by atoms with Crippen LogP contribution in [0.5, 0.6) is 0 Å². The number of nitrogens with one attached hydrogen (secondary N) is 1. The minimum Gasteiger partial charge on any atom is -0.444 e. The second kappa shape index (κ2) is 7.70. The zero-order chi connectivity index (χ0) is 15.3. The van der Waals surface area contributed by atoms with Gasteiger partial charge in [0.1, 0.15) is 5.60 Å². The summed E-state index contributed by atoms with van der Waals surface area (Å²) in [6.07, 6.45) is 0.842. The van der Waals surface area contributed by atoms with Gasteiger partial charge in [-0.1, -0.05) is 0 Å². The zero-order valence-electron chi connectivity index (χ0n) is 13.6. The average Bonchev–Trinajstić information content (AvgIpc) is 2.87. The Kier molecular flexibility index (Phi) is 6.20. The molecule has 0 bridgehead atoms. The van der Waals surface area contributed by atoms with Crippen molar-refractivity contribution < 1.29 is 9.53 Å². The number of likely N-dealkylation sites (tertiary alicyclic amines) is 1. The Morgan fingerprint density at radius 2 is 2.00 bits per heavy atom. The Morgan fingerprint density at radius 1 is 1.29 bits per heavy atom. The second-order valence-electron chi connectivity index (χ2n) is 6.82. The minimum atomic E-state index is -0.408. The van der Waals surface area contributed by atoms with Crippen LogP contribution in [-0.2, 0) is 4.74 Å². The van der Waals surface area contributed by atoms with Gasteiger partial charge in [0.25, 0.3) is 0 Å². The molecule has 2 heterocycles. The van der Waals surface area contributed by atoms with Gasteiger partial charge in [-0.15, -0.1) is 0 Å². The molecule has 2 saturated heterocycles. The maximum atomic E-state index is 12.0. The van der Waals surface area contributed by atoms with E-state index in [0.29, 0.717) is 6.04 Å². The molecule has 0 saturated carbocycles. The van der Waals surface area contributed by atoms with E-state index >= 15 is 0 Å². The van der Waals surface area contributed by atoms with E-state index in [1.54, 1.807) is 0 Å². The van der Waals surface area contributed by atoms with Crippen molar-refractivity contribution in [2.75, 3.05) is 50.8 Å². The number of carbonyl (C=O) groups excluding carboxylic acids is 1. The molecule has 6 heteroatoms. The van der Waals surface area contributed by atoms with E-state index in [-0.39, 0.29) is 6.09 Å². The largest absolute Gasteiger partial charge is 0.444 e. The smallest absolute Gasteiger partial charge is 0.410 e. The maximum absolute atomic E-state index is 12.0. The lowest BCUT2D eigenvalue weighted by molar-refractivity contribution is 0.0291. The summed E-state index contributed by atoms with van der Waals surface area (Å²) in [5.41, 5.74) is -0.408. The third-order valence-electron chi connectivity index (χ3n) is 3.80. The van der Waals surface area contributed by atoms with Crippen LogP contribution < -0.4 is 5.32 Å². The number of amides is 1. The number of rotatable bonds is 4. The summed E-state index contributed by atoms with van der Waals surface area (Å²) in [7, 11) is 0. The van der Waals surface area contributed by atoms with Crippen LogP contribution in [-0.4, -0.2) is 78.3 Å². The molecule has 1 unspecified atom stereocenters. The SMILES string of the molecule is CC(C)(C)OC(=O)N1CCC(NCCN2CCSCC2)C1. The van der Waals surface area contributed by atoms with Crippen molar-refractivity contribution in [1.82, 2.24) is 15.1 Å². The summed E-state index contributed by atoms with van der Waals surface area (Å²) >= 11 is 2.05. The predicted octanol–water partition coefficient (Wildman–Crippen LogP) is 1.63. The fraction of sp³-hybridized carbons (Fsp3) is 0.933. The van der Waals surface area contributed by atoms with E-state index in [1.807, 2.05) is 37.4 Å². The molecule has 2 aliphatic heterocycles. The van der Waals surface area contributed by atoms with Gasteiger partial charge in [0.15, 0.2) is 0 Å². The van der Waals surface area contributed by atoms with Crippen LogP contribution in [0.25, 0.3) is 0 Å². The lowest BCUT2D eigenvalue weighted by atomic mass is 10.2. The van der Waals surface area contributed by atoms with Crippen molar-refractivity contribution in [2.45, 2.75) is 38.8 Å². The van der Waals surface area contributed by atoms with Gasteiger partial charge in [-0.25, -0.2) is 4.79 Å². The summed E-state index contributed by atoms with van der Waals surface area (Å²) in [5, 5.41) is 3.58. The average molecular weight is 315 g/mol. The molecule has 0 aromatic carbocycles. The topological polar surface area (TPSA) is 44.8 Å². The number of thioether (sulfide) groups is 1. The van der Waals surface area contributed by atoms with Crippen LogP contribution in [0.1, 0.15) is 27.2 Å². The van der Waals surface area contributed by atoms with E-state index < -0.39 is 5.60 Å². The van der Waals surface area contributed by atoms with Crippen LogP contribution in [0.2, 0.25) is 0 Å².